The number of anilines is 1. The van der Waals surface area contributed by atoms with Crippen LogP contribution in [-0.4, -0.2) is 24.0 Å². The lowest BCUT2D eigenvalue weighted by molar-refractivity contribution is -0.125. The Balaban J connectivity index is 2.13. The van der Waals surface area contributed by atoms with E-state index in [9.17, 15) is 4.79 Å². The van der Waals surface area contributed by atoms with Crippen LogP contribution < -0.4 is 10.6 Å². The van der Waals surface area contributed by atoms with Gasteiger partial charge in [-0.3, -0.25) is 4.79 Å². The smallest absolute Gasteiger partial charge is 0.233 e. The second-order valence-electron chi connectivity index (χ2n) is 4.75. The largest absolute Gasteiger partial charge is 0.316 e. The molecule has 2 heterocycles. The molecule has 1 aliphatic heterocycles. The van der Waals surface area contributed by atoms with Crippen LogP contribution in [0.15, 0.2) is 18.3 Å². The van der Waals surface area contributed by atoms with Crippen molar-refractivity contribution in [3.63, 3.8) is 0 Å². The summed E-state index contributed by atoms with van der Waals surface area (Å²) < 4.78 is 0. The molecule has 2 N–H and O–H groups in total. The minimum atomic E-state index is -0.310. The van der Waals surface area contributed by atoms with Gasteiger partial charge in [0.05, 0.1) is 10.4 Å². The number of carbonyl (C=O) groups excluding carboxylic acids is 1. The van der Waals surface area contributed by atoms with E-state index in [1.54, 1.807) is 18.3 Å². The van der Waals surface area contributed by atoms with Crippen molar-refractivity contribution in [3.05, 3.63) is 23.4 Å². The van der Waals surface area contributed by atoms with Gasteiger partial charge in [0, 0.05) is 12.7 Å². The number of pyridine rings is 1. The SMILES string of the molecule is CCCC1(C(=O)Nc2ncccc2Cl)CCNC1. The number of nitrogens with zero attached hydrogens (tertiary/aromatic N) is 1. The zero-order chi connectivity index (χ0) is 13.0. The summed E-state index contributed by atoms with van der Waals surface area (Å²) in [5.74, 6) is 0.474. The molecule has 1 aliphatic rings. The third kappa shape index (κ3) is 2.65. The quantitative estimate of drug-likeness (QED) is 0.881. The highest BCUT2D eigenvalue weighted by Crippen LogP contribution is 2.33. The molecule has 18 heavy (non-hydrogen) atoms. The lowest BCUT2D eigenvalue weighted by atomic mass is 9.81. The maximum atomic E-state index is 12.4. The molecule has 0 aromatic carbocycles. The Morgan fingerprint density at radius 1 is 1.67 bits per heavy atom. The van der Waals surface area contributed by atoms with Crippen molar-refractivity contribution >= 4 is 23.3 Å². The summed E-state index contributed by atoms with van der Waals surface area (Å²) in [7, 11) is 0. The van der Waals surface area contributed by atoms with Crippen LogP contribution in [0, 0.1) is 5.41 Å². The van der Waals surface area contributed by atoms with Gasteiger partial charge in [0.25, 0.3) is 0 Å². The minimum Gasteiger partial charge on any atom is -0.316 e. The van der Waals surface area contributed by atoms with E-state index in [4.69, 9.17) is 11.6 Å². The fourth-order valence-electron chi connectivity index (χ4n) is 2.46. The van der Waals surface area contributed by atoms with Gasteiger partial charge < -0.3 is 10.6 Å². The van der Waals surface area contributed by atoms with Crippen LogP contribution in [0.4, 0.5) is 5.82 Å². The van der Waals surface area contributed by atoms with Gasteiger partial charge in [-0.1, -0.05) is 24.9 Å². The van der Waals surface area contributed by atoms with Gasteiger partial charge in [0.2, 0.25) is 5.91 Å². The van der Waals surface area contributed by atoms with Gasteiger partial charge >= 0.3 is 0 Å². The van der Waals surface area contributed by atoms with Crippen LogP contribution in [0.1, 0.15) is 26.2 Å². The maximum Gasteiger partial charge on any atom is 0.233 e. The third-order valence-electron chi connectivity index (χ3n) is 3.44. The van der Waals surface area contributed by atoms with Crippen molar-refractivity contribution in [2.24, 2.45) is 5.41 Å². The lowest BCUT2D eigenvalue weighted by Gasteiger charge is -2.26. The number of nitrogens with one attached hydrogen (secondary N) is 2. The molecule has 1 atom stereocenters. The summed E-state index contributed by atoms with van der Waals surface area (Å²) in [6, 6.07) is 3.47. The number of hydrogen-bond acceptors (Lipinski definition) is 3. The average Bonchev–Trinajstić information content (AvgIpc) is 2.82. The molecule has 2 rings (SSSR count). The van der Waals surface area contributed by atoms with Gasteiger partial charge in [0.1, 0.15) is 0 Å². The van der Waals surface area contributed by atoms with Gasteiger partial charge in [-0.15, -0.1) is 0 Å². The van der Waals surface area contributed by atoms with Crippen LogP contribution in [0.3, 0.4) is 0 Å². The lowest BCUT2D eigenvalue weighted by Crippen LogP contribution is -2.38. The third-order valence-corrected chi connectivity index (χ3v) is 3.75. The predicted octanol–water partition coefficient (Wildman–Crippen LogP) is 2.45. The standard InChI is InChI=1S/C13H18ClN3O/c1-2-5-13(6-8-15-9-13)12(18)17-11-10(14)4-3-7-16-11/h3-4,7,15H,2,5-6,8-9H2,1H3,(H,16,17,18). The summed E-state index contributed by atoms with van der Waals surface area (Å²) >= 11 is 6.00. The van der Waals surface area contributed by atoms with E-state index >= 15 is 0 Å². The number of amides is 1. The first-order valence-corrected chi connectivity index (χ1v) is 6.68. The highest BCUT2D eigenvalue weighted by Gasteiger charge is 2.40. The molecular weight excluding hydrogens is 250 g/mol. The highest BCUT2D eigenvalue weighted by atomic mass is 35.5. The van der Waals surface area contributed by atoms with Crippen LogP contribution in [0.2, 0.25) is 5.02 Å². The summed E-state index contributed by atoms with van der Waals surface area (Å²) in [6.07, 6.45) is 4.37. The molecule has 1 unspecified atom stereocenters. The van der Waals surface area contributed by atoms with E-state index in [0.29, 0.717) is 10.8 Å². The Morgan fingerprint density at radius 3 is 3.11 bits per heavy atom. The van der Waals surface area contributed by atoms with Crippen molar-refractivity contribution in [1.29, 1.82) is 0 Å². The van der Waals surface area contributed by atoms with E-state index in [1.165, 1.54) is 0 Å². The van der Waals surface area contributed by atoms with Crippen molar-refractivity contribution in [2.75, 3.05) is 18.4 Å². The first kappa shape index (κ1) is 13.3. The van der Waals surface area contributed by atoms with Gasteiger partial charge in [0.15, 0.2) is 5.82 Å². The number of rotatable bonds is 4. The molecule has 4 nitrogen and oxygen atoms in total. The Bertz CT molecular complexity index is 430. The van der Waals surface area contributed by atoms with Crippen LogP contribution in [0.25, 0.3) is 0 Å². The zero-order valence-corrected chi connectivity index (χ0v) is 11.3. The summed E-state index contributed by atoms with van der Waals surface area (Å²) in [4.78, 5) is 16.5. The van der Waals surface area contributed by atoms with Crippen LogP contribution in [0.5, 0.6) is 0 Å². The fraction of sp³-hybridized carbons (Fsp3) is 0.538. The van der Waals surface area contributed by atoms with Gasteiger partial charge in [-0.05, 0) is 31.5 Å². The second-order valence-corrected chi connectivity index (χ2v) is 5.15. The molecule has 0 spiro atoms. The molecule has 1 fully saturated rings. The Kier molecular flexibility index (Phi) is 4.19. The number of aromatic nitrogens is 1. The predicted molar refractivity (Wildman–Crippen MR) is 72.7 cm³/mol. The Labute approximate surface area is 112 Å². The Hall–Kier alpha value is -1.13. The summed E-state index contributed by atoms with van der Waals surface area (Å²) in [5.41, 5.74) is -0.310. The summed E-state index contributed by atoms with van der Waals surface area (Å²) in [5, 5.41) is 6.60. The highest BCUT2D eigenvalue weighted by molar-refractivity contribution is 6.33. The van der Waals surface area contributed by atoms with E-state index in [1.807, 2.05) is 0 Å². The first-order valence-electron chi connectivity index (χ1n) is 6.31. The molecule has 0 bridgehead atoms. The van der Waals surface area contributed by atoms with E-state index < -0.39 is 0 Å². The molecule has 0 radical (unpaired) electrons. The molecular formula is C13H18ClN3O. The number of halogens is 1. The first-order chi connectivity index (χ1) is 8.68. The monoisotopic (exact) mass is 267 g/mol. The van der Waals surface area contributed by atoms with E-state index in [2.05, 4.69) is 22.5 Å². The van der Waals surface area contributed by atoms with Gasteiger partial charge in [-0.2, -0.15) is 0 Å². The maximum absolute atomic E-state index is 12.4. The van der Waals surface area contributed by atoms with Crippen molar-refractivity contribution in [3.8, 4) is 0 Å². The summed E-state index contributed by atoms with van der Waals surface area (Å²) in [6.45, 7) is 3.72. The van der Waals surface area contributed by atoms with E-state index in [0.717, 1.165) is 32.4 Å². The second kappa shape index (κ2) is 5.67. The average molecular weight is 268 g/mol. The van der Waals surface area contributed by atoms with Crippen LogP contribution >= 0.6 is 11.6 Å². The molecule has 1 saturated heterocycles. The topological polar surface area (TPSA) is 54.0 Å². The molecule has 98 valence electrons. The minimum absolute atomic E-state index is 0.0231. The normalized spacial score (nSPS) is 23.0. The van der Waals surface area contributed by atoms with Crippen LogP contribution in [-0.2, 0) is 4.79 Å². The number of carbonyl (C=O) groups is 1. The molecule has 5 heteroatoms. The number of hydrogen-bond donors (Lipinski definition) is 2. The fourth-order valence-corrected chi connectivity index (χ4v) is 2.63. The molecule has 0 aliphatic carbocycles. The van der Waals surface area contributed by atoms with Crippen molar-refractivity contribution < 1.29 is 4.79 Å². The molecule has 1 aromatic heterocycles. The zero-order valence-electron chi connectivity index (χ0n) is 10.5. The van der Waals surface area contributed by atoms with Crippen molar-refractivity contribution in [1.82, 2.24) is 10.3 Å². The Morgan fingerprint density at radius 2 is 2.50 bits per heavy atom. The molecule has 1 amide bonds. The molecule has 1 aromatic rings. The van der Waals surface area contributed by atoms with Crippen molar-refractivity contribution in [2.45, 2.75) is 26.2 Å². The van der Waals surface area contributed by atoms with E-state index in [-0.39, 0.29) is 11.3 Å². The van der Waals surface area contributed by atoms with Gasteiger partial charge in [-0.25, -0.2) is 4.98 Å². The molecule has 0 saturated carbocycles.